The van der Waals surface area contributed by atoms with Crippen molar-refractivity contribution in [2.24, 2.45) is 0 Å². The van der Waals surface area contributed by atoms with E-state index in [1.54, 1.807) is 0 Å². The molecule has 0 aliphatic carbocycles. The van der Waals surface area contributed by atoms with Crippen LogP contribution in [0, 0.1) is 42.9 Å². The van der Waals surface area contributed by atoms with Gasteiger partial charge in [0.25, 0.3) is 0 Å². The lowest BCUT2D eigenvalue weighted by Gasteiger charge is -2.01. The quantitative estimate of drug-likeness (QED) is 0.566. The topological polar surface area (TPSA) is 9.23 Å². The Hall–Kier alpha value is -2.14. The van der Waals surface area contributed by atoms with Crippen LogP contribution in [0.3, 0.4) is 0 Å². The van der Waals surface area contributed by atoms with Crippen molar-refractivity contribution in [1.29, 1.82) is 0 Å². The van der Waals surface area contributed by atoms with Gasteiger partial charge in [0.15, 0.2) is 0 Å². The smallest absolute Gasteiger partial charge is 0.108 e. The van der Waals surface area contributed by atoms with E-state index >= 15 is 0 Å². The lowest BCUT2D eigenvalue weighted by Crippen LogP contribution is -1.98. The van der Waals surface area contributed by atoms with Crippen LogP contribution in [-0.4, -0.2) is 13.2 Å². The highest BCUT2D eigenvalue weighted by molar-refractivity contribution is 5.33. The molecule has 0 saturated heterocycles. The number of aryl methyl sites for hydroxylation is 1. The van der Waals surface area contributed by atoms with Crippen molar-refractivity contribution in [2.45, 2.75) is 13.3 Å². The fraction of sp³-hybridized carbons (Fsp3) is 0.250. The molecule has 0 bridgehead atoms. The molecule has 1 rings (SSSR count). The molecule has 0 radical (unpaired) electrons. The molecule has 1 aromatic rings. The van der Waals surface area contributed by atoms with Crippen LogP contribution in [0.4, 0.5) is 0 Å². The van der Waals surface area contributed by atoms with Crippen LogP contribution in [0.15, 0.2) is 24.3 Å². The minimum Gasteiger partial charge on any atom is -0.368 e. The molecule has 0 spiro atoms. The Balaban J connectivity index is 0. The van der Waals surface area contributed by atoms with E-state index in [1.807, 2.05) is 0 Å². The number of hydrogen-bond donors (Lipinski definition) is 0. The Morgan fingerprint density at radius 2 is 1.94 bits per heavy atom. The highest BCUT2D eigenvalue weighted by atomic mass is 16.5. The second kappa shape index (κ2) is 8.06. The zero-order valence-corrected chi connectivity index (χ0v) is 9.92. The third-order valence-corrected chi connectivity index (χ3v) is 2.12. The first-order valence-corrected chi connectivity index (χ1v) is 5.39. The molecule has 0 fully saturated rings. The largest absolute Gasteiger partial charge is 0.368 e. The van der Waals surface area contributed by atoms with Crippen molar-refractivity contribution in [2.75, 3.05) is 13.2 Å². The minimum absolute atomic E-state index is 0. The summed E-state index contributed by atoms with van der Waals surface area (Å²) < 4.78 is 5.35. The fourth-order valence-electron chi connectivity index (χ4n) is 1.22. The summed E-state index contributed by atoms with van der Waals surface area (Å²) in [4.78, 5) is 0. The van der Waals surface area contributed by atoms with Crippen LogP contribution < -0.4 is 0 Å². The summed E-state index contributed by atoms with van der Waals surface area (Å²) in [5.41, 5.74) is 2.54. The molecule has 88 valence electrons. The van der Waals surface area contributed by atoms with Gasteiger partial charge in [0.1, 0.15) is 6.61 Å². The molecule has 1 nitrogen and oxygen atoms in total. The van der Waals surface area contributed by atoms with Gasteiger partial charge in [-0.05, 0) is 42.6 Å². The summed E-state index contributed by atoms with van der Waals surface area (Å²) in [6.07, 6.45) is 5.84. The van der Waals surface area contributed by atoms with E-state index in [-0.39, 0.29) is 2.85 Å². The predicted molar refractivity (Wildman–Crippen MR) is 74.3 cm³/mol. The molecular weight excluding hydrogens is 208 g/mol. The Kier molecular flexibility index (Phi) is 6.13. The molecule has 0 heterocycles. The van der Waals surface area contributed by atoms with Crippen LogP contribution in [0.2, 0.25) is 0 Å². The summed E-state index contributed by atoms with van der Waals surface area (Å²) in [6, 6.07) is 8.43. The van der Waals surface area contributed by atoms with Gasteiger partial charge in [-0.15, -0.1) is 6.42 Å². The molecule has 17 heavy (non-hydrogen) atoms. The Bertz CT molecular complexity index is 504. The van der Waals surface area contributed by atoms with Gasteiger partial charge in [0, 0.05) is 2.85 Å². The lowest BCUT2D eigenvalue weighted by atomic mass is 10.1. The first kappa shape index (κ1) is 12.9. The van der Waals surface area contributed by atoms with Gasteiger partial charge in [0.2, 0.25) is 0 Å². The van der Waals surface area contributed by atoms with Crippen LogP contribution >= 0.6 is 0 Å². The van der Waals surface area contributed by atoms with Crippen LogP contribution in [0.25, 0.3) is 0 Å². The Morgan fingerprint density at radius 1 is 1.18 bits per heavy atom. The summed E-state index contributed by atoms with van der Waals surface area (Å²) in [5, 5.41) is 0. The van der Waals surface area contributed by atoms with Crippen LogP contribution in [-0.2, 0) is 11.2 Å². The van der Waals surface area contributed by atoms with Gasteiger partial charge in [-0.3, -0.25) is 0 Å². The minimum atomic E-state index is 0. The number of hydrogen-bond acceptors (Lipinski definition) is 1. The normalized spacial score (nSPS) is 8.24. The molecule has 0 unspecified atom stereocenters. The monoisotopic (exact) mass is 226 g/mol. The Labute approximate surface area is 106 Å². The molecule has 0 atom stereocenters. The van der Waals surface area contributed by atoms with Gasteiger partial charge >= 0.3 is 0 Å². The molecular formula is C16H18O. The van der Waals surface area contributed by atoms with Gasteiger partial charge < -0.3 is 4.74 Å². The van der Waals surface area contributed by atoms with E-state index in [2.05, 4.69) is 60.8 Å². The fourth-order valence-corrected chi connectivity index (χ4v) is 1.22. The van der Waals surface area contributed by atoms with E-state index in [4.69, 9.17) is 11.2 Å². The molecule has 0 N–H and O–H groups in total. The van der Waals surface area contributed by atoms with E-state index in [0.29, 0.717) is 13.2 Å². The third-order valence-electron chi connectivity index (χ3n) is 2.12. The van der Waals surface area contributed by atoms with Crippen molar-refractivity contribution in [3.8, 4) is 36.0 Å². The molecule has 0 amide bonds. The molecule has 0 aliphatic heterocycles. The predicted octanol–water partition coefficient (Wildman–Crippen LogP) is 2.69. The average Bonchev–Trinajstić information content (AvgIpc) is 2.35. The van der Waals surface area contributed by atoms with Crippen LogP contribution in [0.5, 0.6) is 0 Å². The maximum Gasteiger partial charge on any atom is 0.108 e. The third kappa shape index (κ3) is 6.11. The van der Waals surface area contributed by atoms with Crippen molar-refractivity contribution in [3.63, 3.8) is 0 Å². The van der Waals surface area contributed by atoms with Gasteiger partial charge in [-0.1, -0.05) is 35.7 Å². The van der Waals surface area contributed by atoms with Crippen molar-refractivity contribution in [1.82, 2.24) is 0 Å². The molecule has 1 heteroatoms. The molecule has 0 aromatic heterocycles. The summed E-state index contributed by atoms with van der Waals surface area (Å²) in [7, 11) is 0. The van der Waals surface area contributed by atoms with E-state index < -0.39 is 0 Å². The zero-order valence-electron chi connectivity index (χ0n) is 9.92. The number of rotatable bonds is 4. The molecule has 1 aromatic carbocycles. The van der Waals surface area contributed by atoms with Gasteiger partial charge in [0.05, 0.1) is 6.61 Å². The van der Waals surface area contributed by atoms with Crippen LogP contribution in [0.1, 0.15) is 14.0 Å². The van der Waals surface area contributed by atoms with E-state index in [0.717, 1.165) is 6.42 Å². The molecule has 0 saturated carbocycles. The second-order valence-corrected chi connectivity index (χ2v) is 3.48. The second-order valence-electron chi connectivity index (χ2n) is 3.48. The van der Waals surface area contributed by atoms with E-state index in [1.165, 1.54) is 11.1 Å². The summed E-state index contributed by atoms with van der Waals surface area (Å²) >= 11 is 0. The highest BCUT2D eigenvalue weighted by Gasteiger charge is 1.92. The Morgan fingerprint density at radius 3 is 2.65 bits per heavy atom. The van der Waals surface area contributed by atoms with Crippen molar-refractivity contribution in [3.05, 3.63) is 35.4 Å². The number of terminal acetylenes is 1. The van der Waals surface area contributed by atoms with Gasteiger partial charge in [-0.25, -0.2) is 0 Å². The first-order chi connectivity index (χ1) is 8.33. The SMILES string of the molecule is C#CC#CC#CCOCCc1ccc(C)cc1.[HH].[HH]. The zero-order chi connectivity index (χ0) is 12.3. The highest BCUT2D eigenvalue weighted by Crippen LogP contribution is 2.03. The first-order valence-electron chi connectivity index (χ1n) is 5.39. The standard InChI is InChI=1S/C16H14O.2H2/c1-3-4-5-6-7-13-17-14-12-16-10-8-15(2)9-11-16;;/h1,8-11H,12-14H2,2H3;2*1H. The van der Waals surface area contributed by atoms with Crippen molar-refractivity contribution >= 4 is 0 Å². The average molecular weight is 226 g/mol. The van der Waals surface area contributed by atoms with Crippen molar-refractivity contribution < 1.29 is 7.59 Å². The number of ether oxygens (including phenoxy) is 1. The van der Waals surface area contributed by atoms with Gasteiger partial charge in [-0.2, -0.15) is 0 Å². The summed E-state index contributed by atoms with van der Waals surface area (Å²) in [5.74, 6) is 12.5. The van der Waals surface area contributed by atoms with E-state index in [9.17, 15) is 0 Å². The molecule has 0 aliphatic rings. The lowest BCUT2D eigenvalue weighted by molar-refractivity contribution is 0.170. The number of benzene rings is 1. The maximum atomic E-state index is 5.35. The maximum absolute atomic E-state index is 5.35. The summed E-state index contributed by atoms with van der Waals surface area (Å²) in [6.45, 7) is 3.14.